The zero-order chi connectivity index (χ0) is 14.7. The minimum Gasteiger partial charge on any atom is -0.383 e. The van der Waals surface area contributed by atoms with E-state index >= 15 is 0 Å². The number of hydrogen-bond acceptors (Lipinski definition) is 5. The molecule has 1 N–H and O–H groups in total. The summed E-state index contributed by atoms with van der Waals surface area (Å²) in [6, 6.07) is 1.67. The van der Waals surface area contributed by atoms with E-state index < -0.39 is 0 Å². The van der Waals surface area contributed by atoms with Gasteiger partial charge in [0.05, 0.1) is 18.4 Å². The number of nitrogens with one attached hydrogen (secondary N) is 1. The normalized spacial score (nSPS) is 20.6. The lowest BCUT2D eigenvalue weighted by atomic mass is 10.3. The molecule has 2 fully saturated rings. The second-order valence-corrected chi connectivity index (χ2v) is 6.27. The molecule has 1 saturated heterocycles. The van der Waals surface area contributed by atoms with Gasteiger partial charge >= 0.3 is 0 Å². The van der Waals surface area contributed by atoms with Gasteiger partial charge in [0, 0.05) is 45.3 Å². The van der Waals surface area contributed by atoms with Crippen LogP contribution in [0.5, 0.6) is 0 Å². The number of hydrogen-bond donors (Lipinski definition) is 1. The van der Waals surface area contributed by atoms with Gasteiger partial charge in [0.25, 0.3) is 5.56 Å². The van der Waals surface area contributed by atoms with Crippen molar-refractivity contribution < 1.29 is 0 Å². The van der Waals surface area contributed by atoms with E-state index in [0.29, 0.717) is 6.54 Å². The van der Waals surface area contributed by atoms with Crippen molar-refractivity contribution in [2.24, 2.45) is 5.92 Å². The van der Waals surface area contributed by atoms with Crippen molar-refractivity contribution in [3.8, 4) is 0 Å². The summed E-state index contributed by atoms with van der Waals surface area (Å²) in [6.07, 6.45) is 4.39. The number of rotatable bonds is 6. The number of nitrogens with zero attached hydrogens (tertiary/aromatic N) is 4. The Kier molecular flexibility index (Phi) is 4.55. The van der Waals surface area contributed by atoms with E-state index in [9.17, 15) is 4.79 Å². The Morgan fingerprint density at radius 1 is 1.24 bits per heavy atom. The lowest BCUT2D eigenvalue weighted by Crippen LogP contribution is -2.46. The summed E-state index contributed by atoms with van der Waals surface area (Å²) in [5.41, 5.74) is 0.840. The van der Waals surface area contributed by atoms with Crippen LogP contribution >= 0.6 is 0 Å². The Morgan fingerprint density at radius 3 is 2.67 bits per heavy atom. The molecule has 0 unspecified atom stereocenters. The van der Waals surface area contributed by atoms with Crippen LogP contribution in [0.1, 0.15) is 12.8 Å². The maximum absolute atomic E-state index is 12.1. The second-order valence-electron chi connectivity index (χ2n) is 6.27. The lowest BCUT2D eigenvalue weighted by Gasteiger charge is -2.32. The Bertz CT molecular complexity index is 517. The molecule has 6 heteroatoms. The first kappa shape index (κ1) is 14.5. The van der Waals surface area contributed by atoms with Gasteiger partial charge in [-0.05, 0) is 25.8 Å². The number of aromatic nitrogens is 2. The molecule has 0 bridgehead atoms. The van der Waals surface area contributed by atoms with E-state index in [1.165, 1.54) is 12.8 Å². The van der Waals surface area contributed by atoms with Crippen LogP contribution < -0.4 is 10.9 Å². The monoisotopic (exact) mass is 291 g/mol. The summed E-state index contributed by atoms with van der Waals surface area (Å²) >= 11 is 0. The predicted octanol–water partition coefficient (Wildman–Crippen LogP) is 0.313. The molecule has 6 nitrogen and oxygen atoms in total. The predicted molar refractivity (Wildman–Crippen MR) is 83.6 cm³/mol. The van der Waals surface area contributed by atoms with Crippen LogP contribution in [0.25, 0.3) is 0 Å². The summed E-state index contributed by atoms with van der Waals surface area (Å²) < 4.78 is 1.57. The molecule has 2 heterocycles. The van der Waals surface area contributed by atoms with Crippen molar-refractivity contribution in [3.05, 3.63) is 22.6 Å². The SMILES string of the molecule is CN1CCN(CCn2ncc(NCC3CC3)cc2=O)CC1. The Balaban J connectivity index is 1.49. The smallest absolute Gasteiger partial charge is 0.268 e. The third-order valence-electron chi connectivity index (χ3n) is 4.39. The molecule has 3 rings (SSSR count). The molecule has 1 saturated carbocycles. The van der Waals surface area contributed by atoms with Crippen molar-refractivity contribution in [1.82, 2.24) is 19.6 Å². The van der Waals surface area contributed by atoms with Crippen molar-refractivity contribution in [2.75, 3.05) is 51.6 Å². The van der Waals surface area contributed by atoms with Gasteiger partial charge in [0.15, 0.2) is 0 Å². The third kappa shape index (κ3) is 4.28. The first-order chi connectivity index (χ1) is 10.2. The van der Waals surface area contributed by atoms with E-state index in [1.807, 2.05) is 0 Å². The molecule has 2 aliphatic rings. The first-order valence-electron chi connectivity index (χ1n) is 7.92. The molecule has 1 aromatic rings. The van der Waals surface area contributed by atoms with E-state index in [0.717, 1.165) is 50.9 Å². The number of piperazine rings is 1. The molecule has 0 radical (unpaired) electrons. The molecule has 0 amide bonds. The summed E-state index contributed by atoms with van der Waals surface area (Å²) in [4.78, 5) is 16.8. The quantitative estimate of drug-likeness (QED) is 0.818. The van der Waals surface area contributed by atoms with Crippen LogP contribution in [-0.4, -0.2) is 65.9 Å². The average molecular weight is 291 g/mol. The summed E-state index contributed by atoms with van der Waals surface area (Å²) in [6.45, 7) is 6.89. The van der Waals surface area contributed by atoms with Crippen LogP contribution in [0.3, 0.4) is 0 Å². The van der Waals surface area contributed by atoms with Gasteiger partial charge in [-0.3, -0.25) is 9.69 Å². The lowest BCUT2D eigenvalue weighted by molar-refractivity contribution is 0.148. The maximum atomic E-state index is 12.1. The fraction of sp³-hybridized carbons (Fsp3) is 0.733. The van der Waals surface area contributed by atoms with Gasteiger partial charge in [0.2, 0.25) is 0 Å². The number of likely N-dealkylation sites (N-methyl/N-ethyl adjacent to an activating group) is 1. The molecule has 0 spiro atoms. The fourth-order valence-corrected chi connectivity index (χ4v) is 2.59. The largest absolute Gasteiger partial charge is 0.383 e. The highest BCUT2D eigenvalue weighted by Gasteiger charge is 2.20. The zero-order valence-electron chi connectivity index (χ0n) is 12.8. The Morgan fingerprint density at radius 2 is 2.00 bits per heavy atom. The molecule has 21 heavy (non-hydrogen) atoms. The molecular weight excluding hydrogens is 266 g/mol. The molecule has 1 aliphatic heterocycles. The number of anilines is 1. The van der Waals surface area contributed by atoms with Gasteiger partial charge in [-0.1, -0.05) is 0 Å². The standard InChI is InChI=1S/C15H25N5O/c1-18-4-6-19(7-5-18)8-9-20-15(21)10-14(12-17-20)16-11-13-2-3-13/h10,12-13,16H,2-9,11H2,1H3. The van der Waals surface area contributed by atoms with Gasteiger partial charge in [-0.2, -0.15) is 5.10 Å². The minimum atomic E-state index is -0.00933. The second kappa shape index (κ2) is 6.58. The fourth-order valence-electron chi connectivity index (χ4n) is 2.59. The summed E-state index contributed by atoms with van der Waals surface area (Å²) in [5.74, 6) is 0.796. The van der Waals surface area contributed by atoms with Gasteiger partial charge in [0.1, 0.15) is 0 Å². The zero-order valence-corrected chi connectivity index (χ0v) is 12.8. The van der Waals surface area contributed by atoms with E-state index in [1.54, 1.807) is 16.9 Å². The van der Waals surface area contributed by atoms with Crippen LogP contribution in [0.15, 0.2) is 17.1 Å². The van der Waals surface area contributed by atoms with Gasteiger partial charge < -0.3 is 10.2 Å². The minimum absolute atomic E-state index is 0.00933. The molecular formula is C15H25N5O. The molecule has 0 atom stereocenters. The van der Waals surface area contributed by atoms with Crippen LogP contribution in [0, 0.1) is 5.92 Å². The average Bonchev–Trinajstić information content (AvgIpc) is 3.30. The Hall–Kier alpha value is -1.40. The third-order valence-corrected chi connectivity index (χ3v) is 4.39. The van der Waals surface area contributed by atoms with Crippen LogP contribution in [0.4, 0.5) is 5.69 Å². The van der Waals surface area contributed by atoms with Crippen LogP contribution in [0.2, 0.25) is 0 Å². The van der Waals surface area contributed by atoms with Crippen molar-refractivity contribution in [3.63, 3.8) is 0 Å². The highest BCUT2D eigenvalue weighted by molar-refractivity contribution is 5.38. The van der Waals surface area contributed by atoms with Crippen molar-refractivity contribution in [1.29, 1.82) is 0 Å². The molecule has 1 aromatic heterocycles. The van der Waals surface area contributed by atoms with Gasteiger partial charge in [-0.15, -0.1) is 0 Å². The summed E-state index contributed by atoms with van der Waals surface area (Å²) in [7, 11) is 2.15. The maximum Gasteiger partial charge on any atom is 0.268 e. The highest BCUT2D eigenvalue weighted by Crippen LogP contribution is 2.28. The molecule has 0 aromatic carbocycles. The first-order valence-corrected chi connectivity index (χ1v) is 7.92. The van der Waals surface area contributed by atoms with Crippen LogP contribution in [-0.2, 0) is 6.54 Å². The topological polar surface area (TPSA) is 53.4 Å². The Labute approximate surface area is 125 Å². The summed E-state index contributed by atoms with van der Waals surface area (Å²) in [5, 5.41) is 7.57. The van der Waals surface area contributed by atoms with Crippen molar-refractivity contribution in [2.45, 2.75) is 19.4 Å². The van der Waals surface area contributed by atoms with E-state index in [4.69, 9.17) is 0 Å². The molecule has 1 aliphatic carbocycles. The van der Waals surface area contributed by atoms with Crippen molar-refractivity contribution >= 4 is 5.69 Å². The highest BCUT2D eigenvalue weighted by atomic mass is 16.1. The van der Waals surface area contributed by atoms with E-state index in [-0.39, 0.29) is 5.56 Å². The molecule has 116 valence electrons. The van der Waals surface area contributed by atoms with E-state index in [2.05, 4.69) is 27.3 Å². The van der Waals surface area contributed by atoms with Gasteiger partial charge in [-0.25, -0.2) is 4.68 Å².